The zero-order valence-corrected chi connectivity index (χ0v) is 11.5. The summed E-state index contributed by atoms with van der Waals surface area (Å²) >= 11 is 0. The minimum Gasteiger partial charge on any atom is -0.328 e. The van der Waals surface area contributed by atoms with Crippen LogP contribution in [0, 0.1) is 5.82 Å². The first-order valence-corrected chi connectivity index (χ1v) is 6.51. The van der Waals surface area contributed by atoms with Gasteiger partial charge in [0.05, 0.1) is 5.39 Å². The van der Waals surface area contributed by atoms with Crippen molar-refractivity contribution in [2.75, 3.05) is 0 Å². The van der Waals surface area contributed by atoms with E-state index in [1.807, 2.05) is 0 Å². The van der Waals surface area contributed by atoms with Gasteiger partial charge in [0.25, 0.3) is 11.5 Å². The average molecular weight is 304 g/mol. The molecule has 2 aromatic heterocycles. The van der Waals surface area contributed by atoms with Crippen LogP contribution in [0.4, 0.5) is 13.2 Å². The summed E-state index contributed by atoms with van der Waals surface area (Å²) < 4.78 is 40.9. The van der Waals surface area contributed by atoms with E-state index in [0.717, 1.165) is 19.2 Å². The number of aromatic amines is 1. The van der Waals surface area contributed by atoms with Gasteiger partial charge in [-0.05, 0) is 35.2 Å². The van der Waals surface area contributed by atoms with Crippen LogP contribution in [0.15, 0.2) is 47.7 Å². The molecule has 0 atom stereocenters. The standard InChI is InChI=1S/C16H11F3N2O/c1-16(18,19)12-5-11(7-20-8-12)10-4-9-2-3-21-15(22)14(9)13(17)6-10/h2-8H,1H3,(H,21,22). The van der Waals surface area contributed by atoms with Gasteiger partial charge in [0.15, 0.2) is 0 Å². The summed E-state index contributed by atoms with van der Waals surface area (Å²) in [4.78, 5) is 17.8. The molecule has 0 aliphatic rings. The summed E-state index contributed by atoms with van der Waals surface area (Å²) in [6.07, 6.45) is 3.86. The lowest BCUT2D eigenvalue weighted by molar-refractivity contribution is 0.0171. The first-order valence-electron chi connectivity index (χ1n) is 6.51. The fourth-order valence-electron chi connectivity index (χ4n) is 2.28. The lowest BCUT2D eigenvalue weighted by atomic mass is 10.0. The van der Waals surface area contributed by atoms with Crippen molar-refractivity contribution < 1.29 is 13.2 Å². The molecule has 0 amide bonds. The summed E-state index contributed by atoms with van der Waals surface area (Å²) in [5.74, 6) is -3.74. The second-order valence-electron chi connectivity index (χ2n) is 5.08. The average Bonchev–Trinajstić information content (AvgIpc) is 2.46. The number of alkyl halides is 2. The fourth-order valence-corrected chi connectivity index (χ4v) is 2.28. The topological polar surface area (TPSA) is 45.8 Å². The fraction of sp³-hybridized carbons (Fsp3) is 0.125. The molecule has 1 N–H and O–H groups in total. The van der Waals surface area contributed by atoms with Crippen molar-refractivity contribution in [3.8, 4) is 11.1 Å². The Morgan fingerprint density at radius 1 is 1.14 bits per heavy atom. The van der Waals surface area contributed by atoms with Crippen molar-refractivity contribution in [1.82, 2.24) is 9.97 Å². The lowest BCUT2D eigenvalue weighted by Gasteiger charge is -2.12. The zero-order valence-electron chi connectivity index (χ0n) is 11.5. The van der Waals surface area contributed by atoms with Gasteiger partial charge in [-0.1, -0.05) is 0 Å². The molecule has 0 spiro atoms. The largest absolute Gasteiger partial charge is 0.328 e. The third-order valence-corrected chi connectivity index (χ3v) is 3.40. The maximum atomic E-state index is 14.1. The van der Waals surface area contributed by atoms with Crippen LogP contribution in [0.25, 0.3) is 21.9 Å². The molecule has 0 aliphatic heterocycles. The smallest absolute Gasteiger partial charge is 0.272 e. The Kier molecular flexibility index (Phi) is 3.24. The van der Waals surface area contributed by atoms with Gasteiger partial charge in [-0.25, -0.2) is 13.2 Å². The van der Waals surface area contributed by atoms with Gasteiger partial charge in [0.2, 0.25) is 0 Å². The minimum atomic E-state index is -3.03. The number of nitrogens with zero attached hydrogens (tertiary/aromatic N) is 1. The second kappa shape index (κ2) is 4.98. The quantitative estimate of drug-likeness (QED) is 0.782. The monoisotopic (exact) mass is 304 g/mol. The van der Waals surface area contributed by atoms with E-state index in [9.17, 15) is 18.0 Å². The molecule has 0 fully saturated rings. The Morgan fingerprint density at radius 3 is 2.64 bits per heavy atom. The Hall–Kier alpha value is -2.63. The molecule has 3 rings (SSSR count). The number of pyridine rings is 2. The Balaban J connectivity index is 2.21. The van der Waals surface area contributed by atoms with E-state index in [1.54, 1.807) is 12.1 Å². The Labute approximate surface area is 123 Å². The molecule has 3 aromatic rings. The van der Waals surface area contributed by atoms with E-state index in [2.05, 4.69) is 9.97 Å². The van der Waals surface area contributed by atoms with E-state index in [-0.39, 0.29) is 10.9 Å². The molecule has 22 heavy (non-hydrogen) atoms. The third-order valence-electron chi connectivity index (χ3n) is 3.40. The Morgan fingerprint density at radius 2 is 1.91 bits per heavy atom. The van der Waals surface area contributed by atoms with Gasteiger partial charge in [0.1, 0.15) is 5.82 Å². The van der Waals surface area contributed by atoms with Crippen LogP contribution in [0.1, 0.15) is 12.5 Å². The molecule has 6 heteroatoms. The predicted molar refractivity (Wildman–Crippen MR) is 77.3 cm³/mol. The first-order chi connectivity index (χ1) is 10.4. The van der Waals surface area contributed by atoms with Crippen molar-refractivity contribution in [2.24, 2.45) is 0 Å². The molecule has 1 aromatic carbocycles. The van der Waals surface area contributed by atoms with E-state index in [0.29, 0.717) is 16.5 Å². The number of H-pyrrole nitrogens is 1. The SMILES string of the molecule is CC(F)(F)c1cncc(-c2cc(F)c3c(=O)[nH]ccc3c2)c1. The number of benzene rings is 1. The highest BCUT2D eigenvalue weighted by atomic mass is 19.3. The summed E-state index contributed by atoms with van der Waals surface area (Å²) in [6.45, 7) is 0.772. The van der Waals surface area contributed by atoms with E-state index >= 15 is 0 Å². The van der Waals surface area contributed by atoms with Crippen molar-refractivity contribution in [1.29, 1.82) is 0 Å². The highest BCUT2D eigenvalue weighted by Crippen LogP contribution is 2.31. The van der Waals surface area contributed by atoms with Crippen LogP contribution < -0.4 is 5.56 Å². The highest BCUT2D eigenvalue weighted by molar-refractivity contribution is 5.87. The van der Waals surface area contributed by atoms with Crippen LogP contribution >= 0.6 is 0 Å². The van der Waals surface area contributed by atoms with Crippen molar-refractivity contribution in [3.63, 3.8) is 0 Å². The predicted octanol–water partition coefficient (Wildman–Crippen LogP) is 3.84. The van der Waals surface area contributed by atoms with Gasteiger partial charge < -0.3 is 4.98 Å². The summed E-state index contributed by atoms with van der Waals surface area (Å²) in [5.41, 5.74) is -0.0424. The van der Waals surface area contributed by atoms with Crippen LogP contribution in [0.5, 0.6) is 0 Å². The van der Waals surface area contributed by atoms with Crippen LogP contribution in [-0.2, 0) is 5.92 Å². The first kappa shape index (κ1) is 14.3. The maximum absolute atomic E-state index is 14.1. The molecular weight excluding hydrogens is 293 g/mol. The van der Waals surface area contributed by atoms with E-state index < -0.39 is 17.3 Å². The number of fused-ring (bicyclic) bond motifs is 1. The van der Waals surface area contributed by atoms with Crippen LogP contribution in [0.3, 0.4) is 0 Å². The number of nitrogens with one attached hydrogen (secondary N) is 1. The number of hydrogen-bond acceptors (Lipinski definition) is 2. The third kappa shape index (κ3) is 2.47. The van der Waals surface area contributed by atoms with E-state index in [1.165, 1.54) is 18.5 Å². The summed E-state index contributed by atoms with van der Waals surface area (Å²) in [7, 11) is 0. The minimum absolute atomic E-state index is 0.0591. The molecule has 0 saturated heterocycles. The molecule has 0 aliphatic carbocycles. The van der Waals surface area contributed by atoms with Crippen LogP contribution in [-0.4, -0.2) is 9.97 Å². The molecule has 0 unspecified atom stereocenters. The van der Waals surface area contributed by atoms with Crippen LogP contribution in [0.2, 0.25) is 0 Å². The van der Waals surface area contributed by atoms with Gasteiger partial charge in [0, 0.05) is 36.6 Å². The highest BCUT2D eigenvalue weighted by Gasteiger charge is 2.25. The van der Waals surface area contributed by atoms with Gasteiger partial charge in [-0.3, -0.25) is 9.78 Å². The molecule has 0 bridgehead atoms. The lowest BCUT2D eigenvalue weighted by Crippen LogP contribution is -2.08. The molecule has 0 radical (unpaired) electrons. The number of rotatable bonds is 2. The van der Waals surface area contributed by atoms with Gasteiger partial charge in [-0.2, -0.15) is 0 Å². The molecule has 112 valence electrons. The normalized spacial score (nSPS) is 11.8. The molecule has 2 heterocycles. The van der Waals surface area contributed by atoms with Crippen molar-refractivity contribution >= 4 is 10.8 Å². The van der Waals surface area contributed by atoms with Crippen molar-refractivity contribution in [2.45, 2.75) is 12.8 Å². The number of halogens is 3. The summed E-state index contributed by atoms with van der Waals surface area (Å²) in [6, 6.07) is 5.53. The molecule has 0 saturated carbocycles. The van der Waals surface area contributed by atoms with E-state index in [4.69, 9.17) is 0 Å². The van der Waals surface area contributed by atoms with Gasteiger partial charge in [-0.15, -0.1) is 0 Å². The maximum Gasteiger partial charge on any atom is 0.272 e. The Bertz CT molecular complexity index is 913. The number of aromatic nitrogens is 2. The molecule has 3 nitrogen and oxygen atoms in total. The number of hydrogen-bond donors (Lipinski definition) is 1. The second-order valence-corrected chi connectivity index (χ2v) is 5.08. The zero-order chi connectivity index (χ0) is 15.9. The van der Waals surface area contributed by atoms with Crippen molar-refractivity contribution in [3.05, 3.63) is 64.6 Å². The van der Waals surface area contributed by atoms with Gasteiger partial charge >= 0.3 is 0 Å². The molecular formula is C16H11F3N2O. The summed E-state index contributed by atoms with van der Waals surface area (Å²) in [5, 5.41) is 0.337.